The maximum absolute atomic E-state index is 12.7. The molecule has 1 heterocycles. The van der Waals surface area contributed by atoms with Gasteiger partial charge in [-0.3, -0.25) is 9.59 Å². The third-order valence-electron chi connectivity index (χ3n) is 3.92. The zero-order chi connectivity index (χ0) is 17.8. The first-order valence-electron chi connectivity index (χ1n) is 7.87. The number of hydrogen-bond donors (Lipinski definition) is 2. The molecule has 0 aliphatic rings. The number of anilines is 1. The van der Waals surface area contributed by atoms with Crippen LogP contribution in [-0.4, -0.2) is 18.9 Å². The number of benzene rings is 2. The van der Waals surface area contributed by atoms with Crippen LogP contribution in [-0.2, 0) is 0 Å². The maximum atomic E-state index is 12.7. The zero-order valence-corrected chi connectivity index (χ0v) is 14.8. The van der Waals surface area contributed by atoms with Crippen molar-refractivity contribution < 1.29 is 9.59 Å². The lowest BCUT2D eigenvalue weighted by atomic mass is 10.1. The summed E-state index contributed by atoms with van der Waals surface area (Å²) >= 11 is 1.41. The molecule has 0 spiro atoms. The molecule has 1 aromatic heterocycles. The second-order valence-electron chi connectivity index (χ2n) is 5.59. The first-order valence-corrected chi connectivity index (χ1v) is 8.75. The van der Waals surface area contributed by atoms with Gasteiger partial charge in [-0.2, -0.15) is 0 Å². The molecule has 0 aliphatic carbocycles. The Labute approximate surface area is 150 Å². The average molecular weight is 350 g/mol. The van der Waals surface area contributed by atoms with Crippen LogP contribution in [0.1, 0.15) is 25.6 Å². The van der Waals surface area contributed by atoms with Crippen molar-refractivity contribution in [3.05, 3.63) is 76.0 Å². The molecule has 0 unspecified atom stereocenters. The Hall–Kier alpha value is -2.92. The van der Waals surface area contributed by atoms with Gasteiger partial charge in [0, 0.05) is 23.9 Å². The average Bonchev–Trinajstić information content (AvgIpc) is 3.13. The molecule has 2 aromatic carbocycles. The van der Waals surface area contributed by atoms with E-state index < -0.39 is 0 Å². The van der Waals surface area contributed by atoms with Gasteiger partial charge in [-0.25, -0.2) is 0 Å². The van der Waals surface area contributed by atoms with E-state index in [0.29, 0.717) is 16.1 Å². The van der Waals surface area contributed by atoms with Gasteiger partial charge in [0.2, 0.25) is 0 Å². The molecule has 3 aromatic rings. The van der Waals surface area contributed by atoms with Crippen LogP contribution in [0, 0.1) is 6.92 Å². The highest BCUT2D eigenvalue weighted by Gasteiger charge is 2.16. The summed E-state index contributed by atoms with van der Waals surface area (Å²) in [5, 5.41) is 7.45. The quantitative estimate of drug-likeness (QED) is 0.735. The van der Waals surface area contributed by atoms with E-state index >= 15 is 0 Å². The number of carbonyl (C=O) groups is 2. The van der Waals surface area contributed by atoms with Crippen LogP contribution in [0.3, 0.4) is 0 Å². The fraction of sp³-hybridized carbons (Fsp3) is 0.100. The third-order valence-corrected chi connectivity index (χ3v) is 4.83. The lowest BCUT2D eigenvalue weighted by molar-refractivity contribution is 0.0962. The third kappa shape index (κ3) is 3.61. The van der Waals surface area contributed by atoms with E-state index in [4.69, 9.17) is 0 Å². The lowest BCUT2D eigenvalue weighted by Gasteiger charge is -2.10. The Balaban J connectivity index is 1.85. The monoisotopic (exact) mass is 350 g/mol. The van der Waals surface area contributed by atoms with Crippen LogP contribution < -0.4 is 10.6 Å². The van der Waals surface area contributed by atoms with Crippen LogP contribution in [0.4, 0.5) is 5.69 Å². The summed E-state index contributed by atoms with van der Waals surface area (Å²) in [6.07, 6.45) is 0. The zero-order valence-electron chi connectivity index (χ0n) is 14.0. The van der Waals surface area contributed by atoms with Crippen molar-refractivity contribution in [1.29, 1.82) is 0 Å². The van der Waals surface area contributed by atoms with Crippen LogP contribution in [0.25, 0.3) is 11.1 Å². The van der Waals surface area contributed by atoms with Crippen molar-refractivity contribution in [2.24, 2.45) is 0 Å². The molecule has 4 nitrogen and oxygen atoms in total. The van der Waals surface area contributed by atoms with Crippen molar-refractivity contribution in [1.82, 2.24) is 5.32 Å². The Bertz CT molecular complexity index is 916. The fourth-order valence-corrected chi connectivity index (χ4v) is 3.41. The minimum Gasteiger partial charge on any atom is -0.355 e. The van der Waals surface area contributed by atoms with Gasteiger partial charge >= 0.3 is 0 Å². The molecular weight excluding hydrogens is 332 g/mol. The number of thiophene rings is 1. The number of hydrogen-bond acceptors (Lipinski definition) is 3. The number of carbonyl (C=O) groups excluding carboxylic acids is 2. The summed E-state index contributed by atoms with van der Waals surface area (Å²) in [7, 11) is 1.59. The molecule has 5 heteroatoms. The number of rotatable bonds is 4. The molecule has 0 saturated carbocycles. The van der Waals surface area contributed by atoms with Gasteiger partial charge in [-0.1, -0.05) is 30.3 Å². The topological polar surface area (TPSA) is 58.2 Å². The standard InChI is InChI=1S/C20H18N2O2S/c1-13-12-15(19(23)21-2)8-9-17(13)22-20(24)18-16(10-11-25-18)14-6-4-3-5-7-14/h3-12H,1-2H3,(H,21,23)(H,22,24). The van der Waals surface area contributed by atoms with E-state index in [1.807, 2.05) is 48.7 Å². The van der Waals surface area contributed by atoms with E-state index in [1.165, 1.54) is 11.3 Å². The Morgan fingerprint density at radius 2 is 1.72 bits per heavy atom. The van der Waals surface area contributed by atoms with Gasteiger partial charge < -0.3 is 10.6 Å². The molecule has 0 atom stereocenters. The minimum absolute atomic E-state index is 0.148. The summed E-state index contributed by atoms with van der Waals surface area (Å²) in [6, 6.07) is 17.0. The SMILES string of the molecule is CNC(=O)c1ccc(NC(=O)c2sccc2-c2ccccc2)c(C)c1. The number of amides is 2. The fourth-order valence-electron chi connectivity index (χ4n) is 2.60. The number of aryl methyl sites for hydroxylation is 1. The van der Waals surface area contributed by atoms with E-state index in [2.05, 4.69) is 10.6 Å². The molecule has 126 valence electrons. The first-order chi connectivity index (χ1) is 12.1. The van der Waals surface area contributed by atoms with Crippen molar-refractivity contribution in [2.45, 2.75) is 6.92 Å². The van der Waals surface area contributed by atoms with Gasteiger partial charge in [0.1, 0.15) is 0 Å². The van der Waals surface area contributed by atoms with Gasteiger partial charge in [-0.15, -0.1) is 11.3 Å². The predicted molar refractivity (Wildman–Crippen MR) is 102 cm³/mol. The van der Waals surface area contributed by atoms with Crippen LogP contribution in [0.5, 0.6) is 0 Å². The van der Waals surface area contributed by atoms with Crippen molar-refractivity contribution >= 4 is 28.8 Å². The van der Waals surface area contributed by atoms with Crippen molar-refractivity contribution in [2.75, 3.05) is 12.4 Å². The molecule has 2 amide bonds. The second kappa shape index (κ2) is 7.32. The predicted octanol–water partition coefficient (Wildman–Crippen LogP) is 4.34. The molecule has 0 fully saturated rings. The Morgan fingerprint density at radius 3 is 2.40 bits per heavy atom. The largest absolute Gasteiger partial charge is 0.355 e. The molecule has 0 bridgehead atoms. The van der Waals surface area contributed by atoms with Crippen molar-refractivity contribution in [3.8, 4) is 11.1 Å². The van der Waals surface area contributed by atoms with E-state index in [0.717, 1.165) is 16.7 Å². The van der Waals surface area contributed by atoms with Gasteiger partial charge in [-0.05, 0) is 47.7 Å². The second-order valence-corrected chi connectivity index (χ2v) is 6.51. The summed E-state index contributed by atoms with van der Waals surface area (Å²) in [5.41, 5.74) is 4.04. The normalized spacial score (nSPS) is 10.3. The van der Waals surface area contributed by atoms with Gasteiger partial charge in [0.05, 0.1) is 4.88 Å². The van der Waals surface area contributed by atoms with E-state index in [9.17, 15) is 9.59 Å². The maximum Gasteiger partial charge on any atom is 0.266 e. The van der Waals surface area contributed by atoms with E-state index in [1.54, 1.807) is 25.2 Å². The smallest absolute Gasteiger partial charge is 0.266 e. The highest BCUT2D eigenvalue weighted by atomic mass is 32.1. The molecule has 0 aliphatic heterocycles. The molecule has 0 radical (unpaired) electrons. The molecule has 3 rings (SSSR count). The molecule has 2 N–H and O–H groups in total. The highest BCUT2D eigenvalue weighted by molar-refractivity contribution is 7.12. The van der Waals surface area contributed by atoms with Crippen molar-refractivity contribution in [3.63, 3.8) is 0 Å². The minimum atomic E-state index is -0.148. The van der Waals surface area contributed by atoms with E-state index in [-0.39, 0.29) is 11.8 Å². The highest BCUT2D eigenvalue weighted by Crippen LogP contribution is 2.29. The Morgan fingerprint density at radius 1 is 0.960 bits per heavy atom. The molecule has 0 saturated heterocycles. The van der Waals surface area contributed by atoms with Crippen LogP contribution in [0.2, 0.25) is 0 Å². The van der Waals surface area contributed by atoms with Gasteiger partial charge in [0.25, 0.3) is 11.8 Å². The van der Waals surface area contributed by atoms with Crippen LogP contribution in [0.15, 0.2) is 60.0 Å². The molecule has 25 heavy (non-hydrogen) atoms. The molecular formula is C20H18N2O2S. The lowest BCUT2D eigenvalue weighted by Crippen LogP contribution is -2.18. The van der Waals surface area contributed by atoms with Crippen LogP contribution >= 0.6 is 11.3 Å². The summed E-state index contributed by atoms with van der Waals surface area (Å²) in [6.45, 7) is 1.87. The summed E-state index contributed by atoms with van der Waals surface area (Å²) < 4.78 is 0. The van der Waals surface area contributed by atoms with Gasteiger partial charge in [0.15, 0.2) is 0 Å². The Kier molecular flexibility index (Phi) is 4.95. The number of nitrogens with one attached hydrogen (secondary N) is 2. The summed E-state index contributed by atoms with van der Waals surface area (Å²) in [5.74, 6) is -0.296. The first kappa shape index (κ1) is 16.9. The summed E-state index contributed by atoms with van der Waals surface area (Å²) in [4.78, 5) is 25.1.